The molecule has 0 aliphatic carbocycles. The number of pyridine rings is 1. The lowest BCUT2D eigenvalue weighted by atomic mass is 10.2. The van der Waals surface area contributed by atoms with Crippen LogP contribution in [0.4, 0.5) is 18.9 Å². The molecule has 0 radical (unpaired) electrons. The van der Waals surface area contributed by atoms with E-state index in [2.05, 4.69) is 19.9 Å². The molecule has 166 valence electrons. The van der Waals surface area contributed by atoms with Gasteiger partial charge in [-0.15, -0.1) is 10.2 Å². The van der Waals surface area contributed by atoms with E-state index >= 15 is 0 Å². The first-order valence-electron chi connectivity index (χ1n) is 8.47. The maximum Gasteiger partial charge on any atom is 0.417 e. The summed E-state index contributed by atoms with van der Waals surface area (Å²) in [5, 5.41) is 7.20. The molecule has 0 amide bonds. The third-order valence-corrected chi connectivity index (χ3v) is 6.19. The molecule has 0 spiro atoms. The predicted molar refractivity (Wildman–Crippen MR) is 111 cm³/mol. The molecule has 0 unspecified atom stereocenters. The summed E-state index contributed by atoms with van der Waals surface area (Å²) in [4.78, 5) is 3.46. The van der Waals surface area contributed by atoms with Crippen molar-refractivity contribution in [1.29, 1.82) is 0 Å². The van der Waals surface area contributed by atoms with Gasteiger partial charge in [-0.3, -0.25) is 9.29 Å². The highest BCUT2D eigenvalue weighted by Crippen LogP contribution is 2.37. The summed E-state index contributed by atoms with van der Waals surface area (Å²) < 4.78 is 68.8. The van der Waals surface area contributed by atoms with E-state index in [1.54, 1.807) is 13.8 Å². The van der Waals surface area contributed by atoms with Crippen molar-refractivity contribution in [3.63, 3.8) is 0 Å². The van der Waals surface area contributed by atoms with Gasteiger partial charge in [0.25, 0.3) is 10.0 Å². The van der Waals surface area contributed by atoms with Gasteiger partial charge in [0, 0.05) is 12.2 Å². The number of hydrogen-bond acceptors (Lipinski definition) is 5. The highest BCUT2D eigenvalue weighted by molar-refractivity contribution is 7.92. The van der Waals surface area contributed by atoms with Crippen LogP contribution in [0.15, 0.2) is 35.4 Å². The Hall–Kier alpha value is -2.08. The molecule has 1 N–H and O–H groups in total. The van der Waals surface area contributed by atoms with Crippen LogP contribution in [0.2, 0.25) is 15.3 Å². The lowest BCUT2D eigenvalue weighted by Gasteiger charge is -2.16. The number of nitrogens with one attached hydrogen (secondary N) is 1. The Bertz CT molecular complexity index is 1250. The van der Waals surface area contributed by atoms with Crippen molar-refractivity contribution < 1.29 is 21.6 Å². The van der Waals surface area contributed by atoms with Crippen LogP contribution in [0.5, 0.6) is 0 Å². The van der Waals surface area contributed by atoms with Gasteiger partial charge in [-0.05, 0) is 49.7 Å². The molecule has 0 bridgehead atoms. The van der Waals surface area contributed by atoms with Crippen LogP contribution in [-0.4, -0.2) is 28.2 Å². The van der Waals surface area contributed by atoms with Crippen LogP contribution in [-0.2, 0) is 16.2 Å². The highest BCUT2D eigenvalue weighted by atomic mass is 35.5. The molecular formula is C17H13Cl3F3N5O2S. The number of hydrogen-bond donors (Lipinski definition) is 1. The zero-order valence-electron chi connectivity index (χ0n) is 15.7. The first kappa shape index (κ1) is 23.6. The Kier molecular flexibility index (Phi) is 6.43. The molecule has 1 aromatic carbocycles. The lowest BCUT2D eigenvalue weighted by Crippen LogP contribution is -2.16. The standard InChI is InChI=1S/C17H13Cl3F3N5O2S/c1-8(2)28-15(25-26-16(28)20)14-13(5-9(18)7-24-14)27-31(29,30)10-3-4-12(19)11(6-10)17(21,22)23/h3-8,27H,1-2H3. The first-order chi connectivity index (χ1) is 14.3. The summed E-state index contributed by atoms with van der Waals surface area (Å²) in [5.74, 6) is 0.140. The summed E-state index contributed by atoms with van der Waals surface area (Å²) in [6.07, 6.45) is -3.58. The van der Waals surface area contributed by atoms with Crippen LogP contribution >= 0.6 is 34.8 Å². The van der Waals surface area contributed by atoms with E-state index in [0.29, 0.717) is 6.07 Å². The maximum absolute atomic E-state index is 13.1. The second-order valence-corrected chi connectivity index (χ2v) is 9.42. The van der Waals surface area contributed by atoms with Gasteiger partial charge in [-0.1, -0.05) is 23.2 Å². The van der Waals surface area contributed by atoms with E-state index in [1.165, 1.54) is 16.8 Å². The van der Waals surface area contributed by atoms with Crippen molar-refractivity contribution >= 4 is 50.5 Å². The summed E-state index contributed by atoms with van der Waals surface area (Å²) >= 11 is 17.6. The number of nitrogens with zero attached hydrogens (tertiary/aromatic N) is 4. The number of aromatic nitrogens is 4. The van der Waals surface area contributed by atoms with Crippen molar-refractivity contribution in [2.75, 3.05) is 4.72 Å². The summed E-state index contributed by atoms with van der Waals surface area (Å²) in [6.45, 7) is 3.59. The van der Waals surface area contributed by atoms with E-state index in [1.807, 2.05) is 0 Å². The van der Waals surface area contributed by atoms with Crippen molar-refractivity contribution in [3.05, 3.63) is 51.4 Å². The van der Waals surface area contributed by atoms with Crippen molar-refractivity contribution in [3.8, 4) is 11.5 Å². The Balaban J connectivity index is 2.11. The van der Waals surface area contributed by atoms with Crippen molar-refractivity contribution in [2.45, 2.75) is 31.0 Å². The molecule has 0 fully saturated rings. The third kappa shape index (κ3) is 4.89. The Morgan fingerprint density at radius 1 is 1.10 bits per heavy atom. The molecule has 14 heteroatoms. The minimum atomic E-state index is -4.84. The predicted octanol–water partition coefficient (Wildman–Crippen LogP) is 5.70. The molecule has 0 aliphatic heterocycles. The van der Waals surface area contributed by atoms with E-state index in [-0.39, 0.29) is 33.6 Å². The van der Waals surface area contributed by atoms with Crippen LogP contribution in [0.25, 0.3) is 11.5 Å². The number of rotatable bonds is 5. The Morgan fingerprint density at radius 3 is 2.39 bits per heavy atom. The maximum atomic E-state index is 13.1. The zero-order chi connectivity index (χ0) is 23.1. The number of anilines is 1. The van der Waals surface area contributed by atoms with Gasteiger partial charge in [0.1, 0.15) is 5.69 Å². The van der Waals surface area contributed by atoms with Crippen LogP contribution in [0.1, 0.15) is 25.5 Å². The SMILES string of the molecule is CC(C)n1c(Cl)nnc1-c1ncc(Cl)cc1NS(=O)(=O)c1ccc(Cl)c(C(F)(F)F)c1. The van der Waals surface area contributed by atoms with E-state index in [9.17, 15) is 21.6 Å². The molecule has 31 heavy (non-hydrogen) atoms. The Labute approximate surface area is 190 Å². The van der Waals surface area contributed by atoms with Gasteiger partial charge in [0.15, 0.2) is 5.82 Å². The van der Waals surface area contributed by atoms with Gasteiger partial charge in [0.2, 0.25) is 5.28 Å². The molecule has 2 heterocycles. The minimum Gasteiger partial charge on any atom is -0.294 e. The minimum absolute atomic E-state index is 0.0334. The highest BCUT2D eigenvalue weighted by Gasteiger charge is 2.34. The molecule has 7 nitrogen and oxygen atoms in total. The molecule has 0 saturated heterocycles. The summed E-state index contributed by atoms with van der Waals surface area (Å²) in [6, 6.07) is 3.28. The fourth-order valence-corrected chi connectivity index (χ4v) is 4.46. The number of benzene rings is 1. The summed E-state index contributed by atoms with van der Waals surface area (Å²) in [7, 11) is -4.48. The van der Waals surface area contributed by atoms with Crippen LogP contribution in [0.3, 0.4) is 0 Å². The normalized spacial score (nSPS) is 12.4. The zero-order valence-corrected chi connectivity index (χ0v) is 18.8. The average molecular weight is 515 g/mol. The van der Waals surface area contributed by atoms with Crippen molar-refractivity contribution in [2.24, 2.45) is 0 Å². The molecular weight excluding hydrogens is 502 g/mol. The average Bonchev–Trinajstić information content (AvgIpc) is 3.02. The third-order valence-electron chi connectivity index (χ3n) is 4.03. The molecule has 0 aliphatic rings. The number of alkyl halides is 3. The van der Waals surface area contributed by atoms with Gasteiger partial charge < -0.3 is 0 Å². The monoisotopic (exact) mass is 513 g/mol. The first-order valence-corrected chi connectivity index (χ1v) is 11.1. The van der Waals surface area contributed by atoms with E-state index in [4.69, 9.17) is 34.8 Å². The molecule has 0 saturated carbocycles. The van der Waals surface area contributed by atoms with Crippen LogP contribution < -0.4 is 4.72 Å². The largest absolute Gasteiger partial charge is 0.417 e. The quantitative estimate of drug-likeness (QED) is 0.472. The fraction of sp³-hybridized carbons (Fsp3) is 0.235. The van der Waals surface area contributed by atoms with Gasteiger partial charge in [-0.25, -0.2) is 13.4 Å². The Morgan fingerprint density at radius 2 is 1.77 bits per heavy atom. The fourth-order valence-electron chi connectivity index (χ4n) is 2.68. The number of sulfonamides is 1. The molecule has 2 aromatic heterocycles. The second-order valence-electron chi connectivity index (χ2n) is 6.55. The topological polar surface area (TPSA) is 89.8 Å². The molecule has 3 rings (SSSR count). The van der Waals surface area contributed by atoms with Gasteiger partial charge in [0.05, 0.1) is 26.2 Å². The molecule has 3 aromatic rings. The lowest BCUT2D eigenvalue weighted by molar-refractivity contribution is -0.137. The van der Waals surface area contributed by atoms with Crippen molar-refractivity contribution in [1.82, 2.24) is 19.7 Å². The molecule has 0 atom stereocenters. The van der Waals surface area contributed by atoms with Crippen LogP contribution in [0, 0.1) is 0 Å². The summed E-state index contributed by atoms with van der Waals surface area (Å²) in [5.41, 5.74) is -1.37. The van der Waals surface area contributed by atoms with E-state index in [0.717, 1.165) is 12.1 Å². The smallest absolute Gasteiger partial charge is 0.294 e. The van der Waals surface area contributed by atoms with E-state index < -0.39 is 31.7 Å². The number of halogens is 6. The second kappa shape index (κ2) is 8.45. The van der Waals surface area contributed by atoms with Gasteiger partial charge in [-0.2, -0.15) is 13.2 Å². The van der Waals surface area contributed by atoms with Gasteiger partial charge >= 0.3 is 6.18 Å².